The molecule has 1 atom stereocenters. The van der Waals surface area contributed by atoms with Gasteiger partial charge in [-0.05, 0) is 48.2 Å². The van der Waals surface area contributed by atoms with Gasteiger partial charge in [0.05, 0.1) is 19.3 Å². The molecule has 0 aliphatic carbocycles. The van der Waals surface area contributed by atoms with Gasteiger partial charge >= 0.3 is 0 Å². The second-order valence-electron chi connectivity index (χ2n) is 8.16. The molecule has 0 amide bonds. The van der Waals surface area contributed by atoms with E-state index in [1.54, 1.807) is 7.05 Å². The molecule has 0 saturated carbocycles. The van der Waals surface area contributed by atoms with E-state index < -0.39 is 0 Å². The van der Waals surface area contributed by atoms with Crippen molar-refractivity contribution in [2.75, 3.05) is 46.4 Å². The van der Waals surface area contributed by atoms with Crippen LogP contribution in [0, 0.1) is 12.7 Å². The zero-order valence-corrected chi connectivity index (χ0v) is 21.6. The largest absolute Gasteiger partial charge is 0.379 e. The van der Waals surface area contributed by atoms with Gasteiger partial charge in [0, 0.05) is 50.3 Å². The van der Waals surface area contributed by atoms with Gasteiger partial charge in [0.2, 0.25) is 0 Å². The second-order valence-corrected chi connectivity index (χ2v) is 8.16. The second kappa shape index (κ2) is 12.3. The van der Waals surface area contributed by atoms with Gasteiger partial charge in [0.25, 0.3) is 0 Å². The van der Waals surface area contributed by atoms with Crippen LogP contribution in [0.25, 0.3) is 10.9 Å². The van der Waals surface area contributed by atoms with Crippen molar-refractivity contribution in [3.05, 3.63) is 71.2 Å². The average Bonchev–Trinajstić information content (AvgIpc) is 3.24. The van der Waals surface area contributed by atoms with Crippen LogP contribution in [0.5, 0.6) is 0 Å². The molecule has 2 heterocycles. The normalized spacial score (nSPS) is 15.8. The number of benzene rings is 2. The minimum atomic E-state index is -0.215. The molecule has 3 aromatic rings. The number of rotatable bonds is 7. The van der Waals surface area contributed by atoms with Crippen LogP contribution in [0.1, 0.15) is 22.7 Å². The Kier molecular flexibility index (Phi) is 9.52. The molecular weight excluding hydrogens is 532 g/mol. The zero-order valence-electron chi connectivity index (χ0n) is 19.2. The summed E-state index contributed by atoms with van der Waals surface area (Å²) >= 11 is 0. The fourth-order valence-electron chi connectivity index (χ4n) is 4.41. The predicted molar refractivity (Wildman–Crippen MR) is 143 cm³/mol. The van der Waals surface area contributed by atoms with Crippen molar-refractivity contribution in [2.24, 2.45) is 4.99 Å². The summed E-state index contributed by atoms with van der Waals surface area (Å²) in [7, 11) is 1.78. The molecule has 33 heavy (non-hydrogen) atoms. The smallest absolute Gasteiger partial charge is 0.191 e. The van der Waals surface area contributed by atoms with E-state index in [0.29, 0.717) is 19.8 Å². The summed E-state index contributed by atoms with van der Waals surface area (Å²) in [5.41, 5.74) is 4.85. The van der Waals surface area contributed by atoms with E-state index >= 15 is 0 Å². The van der Waals surface area contributed by atoms with Crippen LogP contribution in [0.3, 0.4) is 0 Å². The van der Waals surface area contributed by atoms with Crippen LogP contribution in [-0.2, 0) is 11.2 Å². The van der Waals surface area contributed by atoms with Crippen molar-refractivity contribution >= 4 is 40.8 Å². The molecule has 178 valence electrons. The standard InChI is InChI=1S/C25H32FN5O.HI/c1-18-4-3-5-22-24(18)20(16-29-22)10-11-28-25(27-2)30-17-23(31-12-14-32-15-13-31)19-6-8-21(26)9-7-19;/h3-9,16,23,29H,10-15,17H2,1-2H3,(H2,27,28,30);1H. The maximum absolute atomic E-state index is 13.5. The maximum atomic E-state index is 13.5. The summed E-state index contributed by atoms with van der Waals surface area (Å²) in [5, 5.41) is 8.20. The highest BCUT2D eigenvalue weighted by atomic mass is 127. The molecule has 1 fully saturated rings. The number of aromatic nitrogens is 1. The summed E-state index contributed by atoms with van der Waals surface area (Å²) in [6.07, 6.45) is 2.99. The van der Waals surface area contributed by atoms with Crippen molar-refractivity contribution in [1.29, 1.82) is 0 Å². The SMILES string of the molecule is CN=C(NCCc1c[nH]c2cccc(C)c12)NCC(c1ccc(F)cc1)N1CCOCC1.I. The van der Waals surface area contributed by atoms with Crippen LogP contribution >= 0.6 is 24.0 Å². The molecular formula is C25H33FIN5O. The number of H-pyrrole nitrogens is 1. The van der Waals surface area contributed by atoms with Crippen LogP contribution in [-0.4, -0.2) is 62.3 Å². The van der Waals surface area contributed by atoms with E-state index in [1.807, 2.05) is 12.1 Å². The van der Waals surface area contributed by atoms with Crippen molar-refractivity contribution in [2.45, 2.75) is 19.4 Å². The first-order chi connectivity index (χ1) is 15.7. The lowest BCUT2D eigenvalue weighted by molar-refractivity contribution is 0.0170. The topological polar surface area (TPSA) is 64.7 Å². The lowest BCUT2D eigenvalue weighted by Gasteiger charge is -2.35. The molecule has 2 aromatic carbocycles. The zero-order chi connectivity index (χ0) is 22.3. The predicted octanol–water partition coefficient (Wildman–Crippen LogP) is 4.01. The van der Waals surface area contributed by atoms with E-state index in [4.69, 9.17) is 4.74 Å². The van der Waals surface area contributed by atoms with Crippen molar-refractivity contribution in [1.82, 2.24) is 20.5 Å². The number of nitrogens with zero attached hydrogens (tertiary/aromatic N) is 2. The number of hydrogen-bond donors (Lipinski definition) is 3. The Bertz CT molecular complexity index is 1050. The number of nitrogens with one attached hydrogen (secondary N) is 3. The summed E-state index contributed by atoms with van der Waals surface area (Å²) in [5.74, 6) is 0.550. The lowest BCUT2D eigenvalue weighted by atomic mass is 10.0. The molecule has 1 aromatic heterocycles. The van der Waals surface area contributed by atoms with Gasteiger partial charge in [-0.1, -0.05) is 24.3 Å². The number of ether oxygens (including phenoxy) is 1. The number of halogens is 2. The minimum absolute atomic E-state index is 0. The first-order valence-corrected chi connectivity index (χ1v) is 11.2. The third kappa shape index (κ3) is 6.45. The van der Waals surface area contributed by atoms with E-state index in [1.165, 1.54) is 34.2 Å². The number of guanidine groups is 1. The number of aryl methyl sites for hydroxylation is 1. The molecule has 1 unspecified atom stereocenters. The average molecular weight is 565 g/mol. The quantitative estimate of drug-likeness (QED) is 0.230. The molecule has 6 nitrogen and oxygen atoms in total. The van der Waals surface area contributed by atoms with Crippen LogP contribution in [0.4, 0.5) is 4.39 Å². The third-order valence-electron chi connectivity index (χ3n) is 6.11. The van der Waals surface area contributed by atoms with Gasteiger partial charge in [0.15, 0.2) is 5.96 Å². The summed E-state index contributed by atoms with van der Waals surface area (Å²) < 4.78 is 19.0. The molecule has 8 heteroatoms. The van der Waals surface area contributed by atoms with E-state index in [-0.39, 0.29) is 35.8 Å². The molecule has 1 aliphatic heterocycles. The number of fused-ring (bicyclic) bond motifs is 1. The number of aromatic amines is 1. The Hall–Kier alpha value is -2.17. The van der Waals surface area contributed by atoms with Crippen molar-refractivity contribution in [3.63, 3.8) is 0 Å². The minimum Gasteiger partial charge on any atom is -0.379 e. The molecule has 3 N–H and O–H groups in total. The Morgan fingerprint density at radius 1 is 1.15 bits per heavy atom. The van der Waals surface area contributed by atoms with Gasteiger partial charge in [-0.3, -0.25) is 9.89 Å². The maximum Gasteiger partial charge on any atom is 0.191 e. The highest BCUT2D eigenvalue weighted by Crippen LogP contribution is 2.23. The van der Waals surface area contributed by atoms with Crippen molar-refractivity contribution < 1.29 is 9.13 Å². The highest BCUT2D eigenvalue weighted by Gasteiger charge is 2.23. The molecule has 0 radical (unpaired) electrons. The Labute approximate surface area is 212 Å². The Balaban J connectivity index is 0.00000306. The van der Waals surface area contributed by atoms with Gasteiger partial charge in [0.1, 0.15) is 5.82 Å². The van der Waals surface area contributed by atoms with E-state index in [9.17, 15) is 4.39 Å². The fourth-order valence-corrected chi connectivity index (χ4v) is 4.41. The van der Waals surface area contributed by atoms with Gasteiger partial charge in [-0.2, -0.15) is 0 Å². The van der Waals surface area contributed by atoms with Crippen LogP contribution in [0.15, 0.2) is 53.7 Å². The highest BCUT2D eigenvalue weighted by molar-refractivity contribution is 14.0. The fraction of sp³-hybridized carbons (Fsp3) is 0.400. The van der Waals surface area contributed by atoms with E-state index in [0.717, 1.165) is 37.6 Å². The molecule has 1 saturated heterocycles. The third-order valence-corrected chi connectivity index (χ3v) is 6.11. The number of hydrogen-bond acceptors (Lipinski definition) is 3. The first kappa shape index (κ1) is 25.5. The first-order valence-electron chi connectivity index (χ1n) is 11.2. The molecule has 4 rings (SSSR count). The molecule has 1 aliphatic rings. The summed E-state index contributed by atoms with van der Waals surface area (Å²) in [6, 6.07) is 13.2. The van der Waals surface area contributed by atoms with E-state index in [2.05, 4.69) is 56.8 Å². The van der Waals surface area contributed by atoms with Gasteiger partial charge in [-0.25, -0.2) is 4.39 Å². The van der Waals surface area contributed by atoms with Crippen molar-refractivity contribution in [3.8, 4) is 0 Å². The monoisotopic (exact) mass is 565 g/mol. The Morgan fingerprint density at radius 2 is 1.91 bits per heavy atom. The molecule has 0 bridgehead atoms. The summed E-state index contributed by atoms with van der Waals surface area (Å²) in [4.78, 5) is 10.1. The Morgan fingerprint density at radius 3 is 2.64 bits per heavy atom. The van der Waals surface area contributed by atoms with Gasteiger partial charge < -0.3 is 20.4 Å². The van der Waals surface area contributed by atoms with Crippen LogP contribution < -0.4 is 10.6 Å². The molecule has 0 spiro atoms. The number of morpholine rings is 1. The number of aliphatic imine (C=N–C) groups is 1. The van der Waals surface area contributed by atoms with Gasteiger partial charge in [-0.15, -0.1) is 24.0 Å². The summed E-state index contributed by atoms with van der Waals surface area (Å²) in [6.45, 7) is 6.75. The lowest BCUT2D eigenvalue weighted by Crippen LogP contribution is -2.46. The van der Waals surface area contributed by atoms with Crippen LogP contribution in [0.2, 0.25) is 0 Å².